The number of thiazole rings is 1. The van der Waals surface area contributed by atoms with Crippen molar-refractivity contribution in [3.8, 4) is 0 Å². The minimum absolute atomic E-state index is 0.472. The van der Waals surface area contributed by atoms with Crippen LogP contribution in [0.1, 0.15) is 42.8 Å². The number of aliphatic hydroxyl groups is 1. The average Bonchev–Trinajstić information content (AvgIpc) is 2.49. The van der Waals surface area contributed by atoms with Crippen LogP contribution in [0.2, 0.25) is 0 Å². The van der Waals surface area contributed by atoms with Crippen molar-refractivity contribution >= 4 is 11.3 Å². The Balaban J connectivity index is 3.00. The lowest BCUT2D eigenvalue weighted by molar-refractivity contribution is 0.0782. The Morgan fingerprint density at radius 3 is 2.60 bits per heavy atom. The minimum atomic E-state index is -0.822. The average molecular weight is 229 g/mol. The van der Waals surface area contributed by atoms with E-state index in [1.807, 2.05) is 0 Å². The Morgan fingerprint density at radius 1 is 1.47 bits per heavy atom. The topological polar surface area (TPSA) is 42.4 Å². The molecule has 0 amide bonds. The largest absolute Gasteiger partial charge is 0.385 e. The molecule has 0 atom stereocenters. The molecule has 1 heterocycles. The third kappa shape index (κ3) is 3.26. The number of ether oxygens (including phenoxy) is 1. The summed E-state index contributed by atoms with van der Waals surface area (Å²) in [7, 11) is 1.65. The van der Waals surface area contributed by atoms with Gasteiger partial charge in [-0.05, 0) is 26.7 Å². The van der Waals surface area contributed by atoms with Crippen LogP contribution in [0.4, 0.5) is 0 Å². The zero-order valence-corrected chi connectivity index (χ0v) is 10.6. The minimum Gasteiger partial charge on any atom is -0.385 e. The van der Waals surface area contributed by atoms with Gasteiger partial charge in [-0.25, -0.2) is 4.98 Å². The quantitative estimate of drug-likeness (QED) is 0.843. The van der Waals surface area contributed by atoms with Gasteiger partial charge in [-0.1, -0.05) is 6.92 Å². The number of rotatable bonds is 5. The maximum absolute atomic E-state index is 9.99. The van der Waals surface area contributed by atoms with E-state index in [4.69, 9.17) is 4.74 Å². The molecule has 1 rings (SSSR count). The van der Waals surface area contributed by atoms with E-state index in [9.17, 15) is 5.11 Å². The molecule has 0 aliphatic heterocycles. The summed E-state index contributed by atoms with van der Waals surface area (Å²) >= 11 is 1.59. The highest BCUT2D eigenvalue weighted by Gasteiger charge is 2.24. The number of aryl methyl sites for hydroxylation is 1. The summed E-state index contributed by atoms with van der Waals surface area (Å²) in [5, 5.41) is 11.1. The Hall–Kier alpha value is -0.450. The van der Waals surface area contributed by atoms with Gasteiger partial charge in [0.15, 0.2) is 0 Å². The molecular formula is C11H19NO2S. The van der Waals surface area contributed by atoms with Crippen LogP contribution in [0.25, 0.3) is 0 Å². The van der Waals surface area contributed by atoms with Gasteiger partial charge in [-0.3, -0.25) is 0 Å². The molecule has 0 aromatic carbocycles. The van der Waals surface area contributed by atoms with Crippen molar-refractivity contribution in [3.63, 3.8) is 0 Å². The standard InChI is InChI=1S/C11H19NO2S/c1-5-6-9-12-8(7-14-4)10(15-9)11(2,3)13/h13H,5-7H2,1-4H3. The van der Waals surface area contributed by atoms with E-state index in [1.165, 1.54) is 0 Å². The smallest absolute Gasteiger partial charge is 0.0951 e. The second-order valence-corrected chi connectivity index (χ2v) is 5.21. The summed E-state index contributed by atoms with van der Waals surface area (Å²) in [6.07, 6.45) is 2.04. The fraction of sp³-hybridized carbons (Fsp3) is 0.727. The van der Waals surface area contributed by atoms with Crippen molar-refractivity contribution in [2.45, 2.75) is 45.8 Å². The molecule has 0 radical (unpaired) electrons. The molecule has 1 aromatic rings. The van der Waals surface area contributed by atoms with E-state index in [1.54, 1.807) is 32.3 Å². The molecule has 0 saturated heterocycles. The molecule has 1 aromatic heterocycles. The summed E-state index contributed by atoms with van der Waals surface area (Å²) in [4.78, 5) is 5.41. The Bertz CT molecular complexity index is 315. The summed E-state index contributed by atoms with van der Waals surface area (Å²) in [6, 6.07) is 0. The maximum atomic E-state index is 9.99. The van der Waals surface area contributed by atoms with E-state index in [2.05, 4.69) is 11.9 Å². The Labute approximate surface area is 95.1 Å². The third-order valence-electron chi connectivity index (χ3n) is 2.04. The van der Waals surface area contributed by atoms with Gasteiger partial charge in [0.05, 0.1) is 27.8 Å². The lowest BCUT2D eigenvalue weighted by Crippen LogP contribution is -2.16. The van der Waals surface area contributed by atoms with Gasteiger partial charge in [0.2, 0.25) is 0 Å². The van der Waals surface area contributed by atoms with Gasteiger partial charge in [0.1, 0.15) is 0 Å². The molecule has 0 bridgehead atoms. The highest BCUT2D eigenvalue weighted by Crippen LogP contribution is 2.30. The summed E-state index contributed by atoms with van der Waals surface area (Å²) in [6.45, 7) is 6.17. The Morgan fingerprint density at radius 2 is 2.13 bits per heavy atom. The lowest BCUT2D eigenvalue weighted by atomic mass is 10.1. The second-order valence-electron chi connectivity index (χ2n) is 4.13. The molecule has 3 nitrogen and oxygen atoms in total. The first kappa shape index (κ1) is 12.6. The van der Waals surface area contributed by atoms with Crippen molar-refractivity contribution in [1.29, 1.82) is 0 Å². The molecule has 15 heavy (non-hydrogen) atoms. The van der Waals surface area contributed by atoms with Crippen LogP contribution in [-0.2, 0) is 23.4 Å². The molecule has 0 fully saturated rings. The SMILES string of the molecule is CCCc1nc(COC)c(C(C)(C)O)s1. The number of hydrogen-bond acceptors (Lipinski definition) is 4. The fourth-order valence-electron chi connectivity index (χ4n) is 1.43. The highest BCUT2D eigenvalue weighted by molar-refractivity contribution is 7.11. The van der Waals surface area contributed by atoms with E-state index < -0.39 is 5.60 Å². The van der Waals surface area contributed by atoms with Gasteiger partial charge in [-0.2, -0.15) is 0 Å². The summed E-state index contributed by atoms with van der Waals surface area (Å²) < 4.78 is 5.09. The molecule has 0 aliphatic carbocycles. The molecule has 1 N–H and O–H groups in total. The van der Waals surface area contributed by atoms with Crippen LogP contribution in [0, 0.1) is 0 Å². The number of hydrogen-bond donors (Lipinski definition) is 1. The molecule has 0 aliphatic rings. The van der Waals surface area contributed by atoms with Crippen molar-refractivity contribution in [3.05, 3.63) is 15.6 Å². The van der Waals surface area contributed by atoms with Gasteiger partial charge in [-0.15, -0.1) is 11.3 Å². The molecular weight excluding hydrogens is 210 g/mol. The van der Waals surface area contributed by atoms with Crippen molar-refractivity contribution < 1.29 is 9.84 Å². The first-order valence-corrected chi connectivity index (χ1v) is 6.01. The molecule has 0 saturated carbocycles. The van der Waals surface area contributed by atoms with Crippen LogP contribution >= 0.6 is 11.3 Å². The van der Waals surface area contributed by atoms with E-state index in [0.29, 0.717) is 6.61 Å². The van der Waals surface area contributed by atoms with Crippen molar-refractivity contribution in [2.75, 3.05) is 7.11 Å². The van der Waals surface area contributed by atoms with Crippen molar-refractivity contribution in [1.82, 2.24) is 4.98 Å². The maximum Gasteiger partial charge on any atom is 0.0951 e. The highest BCUT2D eigenvalue weighted by atomic mass is 32.1. The summed E-state index contributed by atoms with van der Waals surface area (Å²) in [5.41, 5.74) is 0.0517. The van der Waals surface area contributed by atoms with E-state index >= 15 is 0 Å². The first-order valence-electron chi connectivity index (χ1n) is 5.19. The summed E-state index contributed by atoms with van der Waals surface area (Å²) in [5.74, 6) is 0. The number of methoxy groups -OCH3 is 1. The predicted octanol–water partition coefficient (Wildman–Crippen LogP) is 2.47. The molecule has 0 spiro atoms. The van der Waals surface area contributed by atoms with Crippen LogP contribution in [0.5, 0.6) is 0 Å². The van der Waals surface area contributed by atoms with Gasteiger partial charge < -0.3 is 9.84 Å². The molecule has 0 unspecified atom stereocenters. The van der Waals surface area contributed by atoms with E-state index in [0.717, 1.165) is 28.4 Å². The number of nitrogens with zero attached hydrogens (tertiary/aromatic N) is 1. The lowest BCUT2D eigenvalue weighted by Gasteiger charge is -2.16. The zero-order chi connectivity index (χ0) is 11.5. The van der Waals surface area contributed by atoms with Gasteiger partial charge in [0.25, 0.3) is 0 Å². The van der Waals surface area contributed by atoms with Crippen LogP contribution < -0.4 is 0 Å². The van der Waals surface area contributed by atoms with Gasteiger partial charge >= 0.3 is 0 Å². The monoisotopic (exact) mass is 229 g/mol. The normalized spacial score (nSPS) is 12.1. The number of aromatic nitrogens is 1. The predicted molar refractivity (Wildman–Crippen MR) is 62.1 cm³/mol. The zero-order valence-electron chi connectivity index (χ0n) is 9.83. The second kappa shape index (κ2) is 5.05. The fourth-order valence-corrected chi connectivity index (χ4v) is 2.60. The van der Waals surface area contributed by atoms with Crippen LogP contribution in [-0.4, -0.2) is 17.2 Å². The van der Waals surface area contributed by atoms with Crippen LogP contribution in [0.3, 0.4) is 0 Å². The first-order chi connectivity index (χ1) is 6.99. The molecule has 86 valence electrons. The molecule has 4 heteroatoms. The third-order valence-corrected chi connectivity index (χ3v) is 3.51. The van der Waals surface area contributed by atoms with E-state index in [-0.39, 0.29) is 0 Å². The van der Waals surface area contributed by atoms with Gasteiger partial charge in [0, 0.05) is 7.11 Å². The van der Waals surface area contributed by atoms with Crippen molar-refractivity contribution in [2.24, 2.45) is 0 Å². The van der Waals surface area contributed by atoms with Crippen LogP contribution in [0.15, 0.2) is 0 Å². The Kier molecular flexibility index (Phi) is 4.25.